The summed E-state index contributed by atoms with van der Waals surface area (Å²) in [6, 6.07) is 9.15. The number of Topliss-reactive ketones (excluding diaryl/α,β-unsaturated/α-hetero) is 1. The Bertz CT molecular complexity index is 330. The lowest BCUT2D eigenvalue weighted by Crippen LogP contribution is -2.27. The smallest absolute Gasteiger partial charge is 0.168 e. The molecule has 0 amide bonds. The normalized spacial score (nSPS) is 14.8. The highest BCUT2D eigenvalue weighted by molar-refractivity contribution is 5.97. The Balaban J connectivity index is 2.67. The van der Waals surface area contributed by atoms with Crippen LogP contribution in [0.25, 0.3) is 0 Å². The van der Waals surface area contributed by atoms with E-state index in [2.05, 4.69) is 0 Å². The maximum atomic E-state index is 12.0. The molecule has 0 heterocycles. The van der Waals surface area contributed by atoms with Gasteiger partial charge in [0.2, 0.25) is 0 Å². The van der Waals surface area contributed by atoms with E-state index in [1.54, 1.807) is 19.1 Å². The quantitative estimate of drug-likeness (QED) is 0.775. The fraction of sp³-hybridized carbons (Fsp3) is 0.500. The summed E-state index contributed by atoms with van der Waals surface area (Å²) in [6.07, 6.45) is 0.118. The second kappa shape index (κ2) is 5.80. The minimum absolute atomic E-state index is 0.0220. The summed E-state index contributed by atoms with van der Waals surface area (Å²) in [5.41, 5.74) is 0.679. The molecular formula is C14H20O2. The molecule has 0 saturated carbocycles. The zero-order valence-corrected chi connectivity index (χ0v) is 10.2. The number of hydrogen-bond donors (Lipinski definition) is 1. The van der Waals surface area contributed by atoms with Crippen LogP contribution in [0, 0.1) is 11.8 Å². The van der Waals surface area contributed by atoms with Gasteiger partial charge in [0.15, 0.2) is 5.78 Å². The standard InChI is InChI=1S/C14H20O2/c1-10(2)9-13(15)11(3)14(16)12-7-5-4-6-8-12/h4-8,10-11,13,15H,9H2,1-3H3/t11-,13-/m0/s1. The van der Waals surface area contributed by atoms with Crippen LogP contribution in [-0.4, -0.2) is 17.0 Å². The van der Waals surface area contributed by atoms with Gasteiger partial charge in [0.25, 0.3) is 0 Å². The van der Waals surface area contributed by atoms with E-state index in [0.717, 1.165) is 0 Å². The van der Waals surface area contributed by atoms with Crippen molar-refractivity contribution in [1.82, 2.24) is 0 Å². The Labute approximate surface area is 97.3 Å². The molecule has 1 rings (SSSR count). The van der Waals surface area contributed by atoms with Crippen molar-refractivity contribution >= 4 is 5.78 Å². The zero-order chi connectivity index (χ0) is 12.1. The predicted octanol–water partition coefficient (Wildman–Crippen LogP) is 2.91. The highest BCUT2D eigenvalue weighted by atomic mass is 16.3. The molecule has 1 aromatic rings. The molecule has 0 aliphatic heterocycles. The van der Waals surface area contributed by atoms with Crippen molar-refractivity contribution < 1.29 is 9.90 Å². The Kier molecular flexibility index (Phi) is 4.69. The first-order valence-electron chi connectivity index (χ1n) is 5.79. The molecule has 1 aromatic carbocycles. The number of carbonyl (C=O) groups excluding carboxylic acids is 1. The average molecular weight is 220 g/mol. The maximum absolute atomic E-state index is 12.0. The molecule has 0 saturated heterocycles. The highest BCUT2D eigenvalue weighted by Crippen LogP contribution is 2.17. The van der Waals surface area contributed by atoms with Gasteiger partial charge in [-0.2, -0.15) is 0 Å². The van der Waals surface area contributed by atoms with Crippen LogP contribution in [0.4, 0.5) is 0 Å². The first kappa shape index (κ1) is 12.9. The van der Waals surface area contributed by atoms with Crippen LogP contribution in [0.1, 0.15) is 37.6 Å². The molecule has 2 atom stereocenters. The van der Waals surface area contributed by atoms with Crippen molar-refractivity contribution in [3.8, 4) is 0 Å². The van der Waals surface area contributed by atoms with Crippen molar-refractivity contribution in [2.75, 3.05) is 0 Å². The minimum atomic E-state index is -0.548. The first-order valence-corrected chi connectivity index (χ1v) is 5.79. The summed E-state index contributed by atoms with van der Waals surface area (Å²) in [5.74, 6) is 0.0968. The second-order valence-corrected chi connectivity index (χ2v) is 4.72. The molecule has 0 aromatic heterocycles. The van der Waals surface area contributed by atoms with Crippen LogP contribution >= 0.6 is 0 Å². The van der Waals surface area contributed by atoms with Gasteiger partial charge in [-0.1, -0.05) is 51.1 Å². The van der Waals surface area contributed by atoms with E-state index >= 15 is 0 Å². The number of aliphatic hydroxyl groups is 1. The molecule has 0 spiro atoms. The second-order valence-electron chi connectivity index (χ2n) is 4.72. The maximum Gasteiger partial charge on any atom is 0.168 e. The summed E-state index contributed by atoms with van der Waals surface area (Å²) in [6.45, 7) is 5.88. The van der Waals surface area contributed by atoms with E-state index in [9.17, 15) is 9.90 Å². The number of aliphatic hydroxyl groups excluding tert-OH is 1. The van der Waals surface area contributed by atoms with Crippen molar-refractivity contribution in [3.63, 3.8) is 0 Å². The summed E-state index contributed by atoms with van der Waals surface area (Å²) < 4.78 is 0. The van der Waals surface area contributed by atoms with Crippen LogP contribution in [0.2, 0.25) is 0 Å². The summed E-state index contributed by atoms with van der Waals surface area (Å²) >= 11 is 0. The van der Waals surface area contributed by atoms with Gasteiger partial charge in [0.1, 0.15) is 0 Å². The fourth-order valence-corrected chi connectivity index (χ4v) is 1.73. The Morgan fingerprint density at radius 2 is 1.75 bits per heavy atom. The van der Waals surface area contributed by atoms with Gasteiger partial charge < -0.3 is 5.11 Å². The zero-order valence-electron chi connectivity index (χ0n) is 10.2. The first-order chi connectivity index (χ1) is 7.52. The molecule has 0 aliphatic rings. The number of carbonyl (C=O) groups is 1. The number of hydrogen-bond acceptors (Lipinski definition) is 2. The highest BCUT2D eigenvalue weighted by Gasteiger charge is 2.23. The van der Waals surface area contributed by atoms with Crippen molar-refractivity contribution in [2.24, 2.45) is 11.8 Å². The fourth-order valence-electron chi connectivity index (χ4n) is 1.73. The van der Waals surface area contributed by atoms with Gasteiger partial charge in [0.05, 0.1) is 6.10 Å². The largest absolute Gasteiger partial charge is 0.392 e. The molecule has 0 aliphatic carbocycles. The lowest BCUT2D eigenvalue weighted by Gasteiger charge is -2.19. The molecule has 0 radical (unpaired) electrons. The molecule has 16 heavy (non-hydrogen) atoms. The lowest BCUT2D eigenvalue weighted by molar-refractivity contribution is 0.0652. The lowest BCUT2D eigenvalue weighted by atomic mass is 9.90. The van der Waals surface area contributed by atoms with Crippen LogP contribution in [0.5, 0.6) is 0 Å². The number of rotatable bonds is 5. The van der Waals surface area contributed by atoms with E-state index in [1.165, 1.54) is 0 Å². The average Bonchev–Trinajstić information content (AvgIpc) is 2.27. The number of benzene rings is 1. The van der Waals surface area contributed by atoms with Gasteiger partial charge in [-0.15, -0.1) is 0 Å². The van der Waals surface area contributed by atoms with Gasteiger partial charge in [-0.05, 0) is 12.3 Å². The van der Waals surface area contributed by atoms with Crippen molar-refractivity contribution in [2.45, 2.75) is 33.3 Å². The Morgan fingerprint density at radius 1 is 1.19 bits per heavy atom. The number of ketones is 1. The van der Waals surface area contributed by atoms with Crippen molar-refractivity contribution in [1.29, 1.82) is 0 Å². The molecular weight excluding hydrogens is 200 g/mol. The van der Waals surface area contributed by atoms with E-state index < -0.39 is 6.10 Å². The molecule has 88 valence electrons. The van der Waals surface area contributed by atoms with Gasteiger partial charge in [0, 0.05) is 11.5 Å². The predicted molar refractivity (Wildman–Crippen MR) is 65.4 cm³/mol. The summed E-state index contributed by atoms with van der Waals surface area (Å²) in [5, 5.41) is 9.90. The SMILES string of the molecule is CC(C)C[C@H](O)[C@H](C)C(=O)c1ccccc1. The third-order valence-corrected chi connectivity index (χ3v) is 2.76. The Morgan fingerprint density at radius 3 is 2.25 bits per heavy atom. The van der Waals surface area contributed by atoms with Crippen LogP contribution in [0.3, 0.4) is 0 Å². The molecule has 2 nitrogen and oxygen atoms in total. The molecule has 0 bridgehead atoms. The molecule has 2 heteroatoms. The van der Waals surface area contributed by atoms with Gasteiger partial charge >= 0.3 is 0 Å². The topological polar surface area (TPSA) is 37.3 Å². The molecule has 1 N–H and O–H groups in total. The monoisotopic (exact) mass is 220 g/mol. The molecule has 0 unspecified atom stereocenters. The van der Waals surface area contributed by atoms with Gasteiger partial charge in [-0.3, -0.25) is 4.79 Å². The van der Waals surface area contributed by atoms with Crippen LogP contribution < -0.4 is 0 Å². The van der Waals surface area contributed by atoms with E-state index in [-0.39, 0.29) is 11.7 Å². The van der Waals surface area contributed by atoms with E-state index in [4.69, 9.17) is 0 Å². The molecule has 0 fully saturated rings. The van der Waals surface area contributed by atoms with Crippen molar-refractivity contribution in [3.05, 3.63) is 35.9 Å². The third-order valence-electron chi connectivity index (χ3n) is 2.76. The van der Waals surface area contributed by atoms with Gasteiger partial charge in [-0.25, -0.2) is 0 Å². The Hall–Kier alpha value is -1.15. The minimum Gasteiger partial charge on any atom is -0.392 e. The van der Waals surface area contributed by atoms with E-state index in [1.807, 2.05) is 32.0 Å². The van der Waals surface area contributed by atoms with E-state index in [0.29, 0.717) is 17.9 Å². The van der Waals surface area contributed by atoms with Crippen LogP contribution in [0.15, 0.2) is 30.3 Å². The summed E-state index contributed by atoms with van der Waals surface area (Å²) in [7, 11) is 0. The van der Waals surface area contributed by atoms with Crippen LogP contribution in [-0.2, 0) is 0 Å². The third kappa shape index (κ3) is 3.46. The summed E-state index contributed by atoms with van der Waals surface area (Å²) in [4.78, 5) is 12.0.